The second-order valence-corrected chi connectivity index (χ2v) is 5.31. The third kappa shape index (κ3) is 1.69. The standard InChI is InChI=1S/C7H11NO5S/c9-7-8(1-2-13-7)14(10,11)5-6-3-12-4-6/h6H,1-5H2. The van der Waals surface area contributed by atoms with Crippen LogP contribution in [0.25, 0.3) is 0 Å². The van der Waals surface area contributed by atoms with Crippen LogP contribution in [0.3, 0.4) is 0 Å². The molecule has 7 heteroatoms. The summed E-state index contributed by atoms with van der Waals surface area (Å²) in [6.45, 7) is 1.21. The highest BCUT2D eigenvalue weighted by atomic mass is 32.2. The number of hydrogen-bond acceptors (Lipinski definition) is 5. The van der Waals surface area contributed by atoms with Gasteiger partial charge in [0.15, 0.2) is 0 Å². The Morgan fingerprint density at radius 1 is 1.43 bits per heavy atom. The molecule has 2 fully saturated rings. The van der Waals surface area contributed by atoms with E-state index < -0.39 is 16.1 Å². The van der Waals surface area contributed by atoms with Crippen LogP contribution in [0.1, 0.15) is 0 Å². The van der Waals surface area contributed by atoms with Crippen molar-refractivity contribution in [2.24, 2.45) is 5.92 Å². The smallest absolute Gasteiger partial charge is 0.423 e. The van der Waals surface area contributed by atoms with Crippen molar-refractivity contribution in [2.75, 3.05) is 32.1 Å². The predicted octanol–water partition coefficient (Wildman–Crippen LogP) is -0.585. The van der Waals surface area contributed by atoms with E-state index in [1.54, 1.807) is 0 Å². The van der Waals surface area contributed by atoms with Gasteiger partial charge < -0.3 is 9.47 Å². The molecular weight excluding hydrogens is 210 g/mol. The maximum absolute atomic E-state index is 11.6. The second kappa shape index (κ2) is 3.39. The molecule has 0 bridgehead atoms. The van der Waals surface area contributed by atoms with Crippen molar-refractivity contribution < 1.29 is 22.7 Å². The Labute approximate surface area is 81.8 Å². The molecule has 0 aromatic heterocycles. The van der Waals surface area contributed by atoms with Crippen LogP contribution in [0.5, 0.6) is 0 Å². The number of nitrogens with zero attached hydrogens (tertiary/aromatic N) is 1. The van der Waals surface area contributed by atoms with Gasteiger partial charge in [0.25, 0.3) is 0 Å². The van der Waals surface area contributed by atoms with Crippen LogP contribution in [-0.4, -0.2) is 50.9 Å². The van der Waals surface area contributed by atoms with Gasteiger partial charge in [-0.25, -0.2) is 17.5 Å². The Hall–Kier alpha value is -0.820. The van der Waals surface area contributed by atoms with E-state index in [1.165, 1.54) is 0 Å². The van der Waals surface area contributed by atoms with Gasteiger partial charge in [0.2, 0.25) is 10.0 Å². The van der Waals surface area contributed by atoms with Crippen LogP contribution >= 0.6 is 0 Å². The van der Waals surface area contributed by atoms with E-state index in [0.29, 0.717) is 13.2 Å². The van der Waals surface area contributed by atoms with Crippen molar-refractivity contribution in [3.05, 3.63) is 0 Å². The topological polar surface area (TPSA) is 72.9 Å². The fourth-order valence-corrected chi connectivity index (χ4v) is 3.00. The third-order valence-corrected chi connectivity index (χ3v) is 4.11. The van der Waals surface area contributed by atoms with E-state index in [1.807, 2.05) is 0 Å². The lowest BCUT2D eigenvalue weighted by Gasteiger charge is -2.26. The maximum Gasteiger partial charge on any atom is 0.423 e. The SMILES string of the molecule is O=C1OCCN1S(=O)(=O)CC1COC1. The minimum Gasteiger partial charge on any atom is -0.447 e. The molecule has 0 atom stereocenters. The van der Waals surface area contributed by atoms with Crippen molar-refractivity contribution in [3.63, 3.8) is 0 Å². The molecule has 1 amide bonds. The van der Waals surface area contributed by atoms with Crippen molar-refractivity contribution in [1.82, 2.24) is 4.31 Å². The summed E-state index contributed by atoms with van der Waals surface area (Å²) in [7, 11) is -3.49. The van der Waals surface area contributed by atoms with E-state index >= 15 is 0 Å². The quantitative estimate of drug-likeness (QED) is 0.637. The van der Waals surface area contributed by atoms with E-state index in [2.05, 4.69) is 4.74 Å². The number of amides is 1. The first-order chi connectivity index (χ1) is 6.59. The van der Waals surface area contributed by atoms with Crippen LogP contribution < -0.4 is 0 Å². The lowest BCUT2D eigenvalue weighted by molar-refractivity contribution is -0.0207. The Balaban J connectivity index is 2.03. The van der Waals surface area contributed by atoms with E-state index in [-0.39, 0.29) is 24.8 Å². The zero-order valence-electron chi connectivity index (χ0n) is 7.51. The number of sulfonamides is 1. The van der Waals surface area contributed by atoms with Gasteiger partial charge in [-0.15, -0.1) is 0 Å². The minimum absolute atomic E-state index is 0.0217. The summed E-state index contributed by atoms with van der Waals surface area (Å²) in [5.74, 6) is -0.00403. The Bertz CT molecular complexity index is 334. The summed E-state index contributed by atoms with van der Waals surface area (Å²) >= 11 is 0. The van der Waals surface area contributed by atoms with E-state index in [0.717, 1.165) is 4.31 Å². The summed E-state index contributed by atoms with van der Waals surface area (Å²) in [5, 5.41) is 0. The molecule has 0 saturated carbocycles. The lowest BCUT2D eigenvalue weighted by Crippen LogP contribution is -2.41. The summed E-state index contributed by atoms with van der Waals surface area (Å²) in [6.07, 6.45) is -0.759. The maximum atomic E-state index is 11.6. The molecular formula is C7H11NO5S. The molecule has 14 heavy (non-hydrogen) atoms. The molecule has 2 saturated heterocycles. The summed E-state index contributed by atoms with van der Waals surface area (Å²) in [6, 6.07) is 0. The third-order valence-electron chi connectivity index (χ3n) is 2.21. The minimum atomic E-state index is -3.49. The second-order valence-electron chi connectivity index (χ2n) is 3.37. The molecule has 6 nitrogen and oxygen atoms in total. The molecule has 2 aliphatic heterocycles. The van der Waals surface area contributed by atoms with Crippen LogP contribution in [-0.2, 0) is 19.5 Å². The highest BCUT2D eigenvalue weighted by molar-refractivity contribution is 7.89. The van der Waals surface area contributed by atoms with Gasteiger partial charge in [0.05, 0.1) is 25.5 Å². The highest BCUT2D eigenvalue weighted by Crippen LogP contribution is 2.17. The molecule has 2 rings (SSSR count). The number of ether oxygens (including phenoxy) is 2. The zero-order valence-corrected chi connectivity index (χ0v) is 8.33. The van der Waals surface area contributed by atoms with Gasteiger partial charge in [-0.05, 0) is 0 Å². The number of carbonyl (C=O) groups is 1. The highest BCUT2D eigenvalue weighted by Gasteiger charge is 2.36. The number of hydrogen-bond donors (Lipinski definition) is 0. The molecule has 0 spiro atoms. The molecule has 0 radical (unpaired) electrons. The summed E-state index contributed by atoms with van der Waals surface area (Å²) < 4.78 is 33.5. The molecule has 2 aliphatic rings. The normalized spacial score (nSPS) is 23.4. The van der Waals surface area contributed by atoms with E-state index in [9.17, 15) is 13.2 Å². The largest absolute Gasteiger partial charge is 0.447 e. The van der Waals surface area contributed by atoms with Crippen LogP contribution in [0.4, 0.5) is 4.79 Å². The first-order valence-electron chi connectivity index (χ1n) is 4.34. The molecule has 0 aromatic carbocycles. The van der Waals surface area contributed by atoms with Crippen LogP contribution in [0.2, 0.25) is 0 Å². The molecule has 0 unspecified atom stereocenters. The number of rotatable bonds is 3. The average molecular weight is 221 g/mol. The van der Waals surface area contributed by atoms with Crippen molar-refractivity contribution in [2.45, 2.75) is 0 Å². The zero-order chi connectivity index (χ0) is 10.2. The van der Waals surface area contributed by atoms with Gasteiger partial charge in [0.1, 0.15) is 6.61 Å². The van der Waals surface area contributed by atoms with Gasteiger partial charge in [0, 0.05) is 5.92 Å². The monoisotopic (exact) mass is 221 g/mol. The molecule has 0 aromatic rings. The van der Waals surface area contributed by atoms with Gasteiger partial charge >= 0.3 is 6.09 Å². The molecule has 0 aliphatic carbocycles. The van der Waals surface area contributed by atoms with Crippen LogP contribution in [0, 0.1) is 5.92 Å². The molecule has 80 valence electrons. The average Bonchev–Trinajstić information content (AvgIpc) is 2.45. The van der Waals surface area contributed by atoms with E-state index in [4.69, 9.17) is 4.74 Å². The fourth-order valence-electron chi connectivity index (χ4n) is 1.40. The Kier molecular flexibility index (Phi) is 2.36. The first kappa shape index (κ1) is 9.72. The summed E-state index contributed by atoms with van der Waals surface area (Å²) in [4.78, 5) is 11.0. The first-order valence-corrected chi connectivity index (χ1v) is 5.95. The molecule has 0 N–H and O–H groups in total. The number of carbonyl (C=O) groups excluding carboxylic acids is 1. The van der Waals surface area contributed by atoms with Crippen molar-refractivity contribution >= 4 is 16.1 Å². The number of cyclic esters (lactones) is 1. The van der Waals surface area contributed by atoms with Crippen LogP contribution in [0.15, 0.2) is 0 Å². The van der Waals surface area contributed by atoms with Gasteiger partial charge in [-0.3, -0.25) is 0 Å². The van der Waals surface area contributed by atoms with Crippen molar-refractivity contribution in [1.29, 1.82) is 0 Å². The lowest BCUT2D eigenvalue weighted by atomic mass is 10.1. The summed E-state index contributed by atoms with van der Waals surface area (Å²) in [5.41, 5.74) is 0. The van der Waals surface area contributed by atoms with Gasteiger partial charge in [-0.1, -0.05) is 0 Å². The van der Waals surface area contributed by atoms with Crippen molar-refractivity contribution in [3.8, 4) is 0 Å². The molecule has 2 heterocycles. The Morgan fingerprint density at radius 3 is 2.57 bits per heavy atom. The Morgan fingerprint density at radius 2 is 2.14 bits per heavy atom. The predicted molar refractivity (Wildman–Crippen MR) is 46.1 cm³/mol. The fraction of sp³-hybridized carbons (Fsp3) is 0.857. The van der Waals surface area contributed by atoms with Gasteiger partial charge in [-0.2, -0.15) is 0 Å².